The standard InChI is InChI=1S/C43H49F3O7/c1-3-5-7-9-10-11-12-14-28-50-36-23-18-31(19-24-36)40(47)52-38-27-22-33-29-35(17-16-34(33)30-38)42(49)51-37-25-20-32(21-26-37)41(48)53-39(43(44,45)46)15-13-8-6-4-2/h16-27,29-30,39H,3-15,28H2,1-2H3. The van der Waals surface area contributed by atoms with Gasteiger partial charge in [0.1, 0.15) is 17.2 Å². The molecule has 0 saturated carbocycles. The maximum absolute atomic E-state index is 13.4. The number of benzene rings is 4. The molecule has 7 nitrogen and oxygen atoms in total. The first-order chi connectivity index (χ1) is 25.6. The van der Waals surface area contributed by atoms with E-state index in [1.54, 1.807) is 60.7 Å². The molecule has 0 spiro atoms. The predicted molar refractivity (Wildman–Crippen MR) is 199 cm³/mol. The van der Waals surface area contributed by atoms with Crippen molar-refractivity contribution < 1.29 is 46.5 Å². The second-order valence-corrected chi connectivity index (χ2v) is 13.2. The Labute approximate surface area is 309 Å². The fourth-order valence-corrected chi connectivity index (χ4v) is 5.76. The monoisotopic (exact) mass is 734 g/mol. The highest BCUT2D eigenvalue weighted by Gasteiger charge is 2.42. The lowest BCUT2D eigenvalue weighted by atomic mass is 10.1. The summed E-state index contributed by atoms with van der Waals surface area (Å²) in [6, 6.07) is 21.9. The van der Waals surface area contributed by atoms with Crippen molar-refractivity contribution in [3.05, 3.63) is 102 Å². The summed E-state index contributed by atoms with van der Waals surface area (Å²) in [7, 11) is 0. The van der Waals surface area contributed by atoms with Crippen LogP contribution in [-0.2, 0) is 4.74 Å². The van der Waals surface area contributed by atoms with Gasteiger partial charge in [0, 0.05) is 0 Å². The number of fused-ring (bicyclic) bond motifs is 1. The third kappa shape index (κ3) is 13.6. The summed E-state index contributed by atoms with van der Waals surface area (Å²) in [5.74, 6) is -1.15. The molecule has 0 saturated heterocycles. The van der Waals surface area contributed by atoms with Crippen LogP contribution >= 0.6 is 0 Å². The Balaban J connectivity index is 1.25. The molecule has 1 unspecified atom stereocenters. The molecule has 53 heavy (non-hydrogen) atoms. The Hall–Kier alpha value is -4.86. The number of alkyl halides is 3. The van der Waals surface area contributed by atoms with Crippen molar-refractivity contribution >= 4 is 28.7 Å². The molecule has 1 atom stereocenters. The molecule has 0 bridgehead atoms. The van der Waals surface area contributed by atoms with Gasteiger partial charge in [0.15, 0.2) is 6.10 Å². The first-order valence-corrected chi connectivity index (χ1v) is 18.7. The number of unbranched alkanes of at least 4 members (excludes halogenated alkanes) is 10. The molecule has 0 fully saturated rings. The average molecular weight is 735 g/mol. The van der Waals surface area contributed by atoms with Gasteiger partial charge in [0.2, 0.25) is 0 Å². The van der Waals surface area contributed by atoms with Crippen LogP contribution in [0.5, 0.6) is 17.2 Å². The van der Waals surface area contributed by atoms with Crippen LogP contribution < -0.4 is 14.2 Å². The van der Waals surface area contributed by atoms with Gasteiger partial charge in [-0.15, -0.1) is 0 Å². The molecule has 4 aromatic rings. The highest BCUT2D eigenvalue weighted by molar-refractivity contribution is 5.97. The van der Waals surface area contributed by atoms with Crippen LogP contribution in [0.4, 0.5) is 13.2 Å². The number of esters is 3. The number of rotatable bonds is 21. The third-order valence-corrected chi connectivity index (χ3v) is 8.85. The molecule has 10 heteroatoms. The van der Waals surface area contributed by atoms with Gasteiger partial charge in [-0.05, 0) is 103 Å². The van der Waals surface area contributed by atoms with Crippen molar-refractivity contribution in [3.63, 3.8) is 0 Å². The smallest absolute Gasteiger partial charge is 0.425 e. The largest absolute Gasteiger partial charge is 0.494 e. The van der Waals surface area contributed by atoms with Gasteiger partial charge in [0.05, 0.1) is 23.3 Å². The summed E-state index contributed by atoms with van der Waals surface area (Å²) in [4.78, 5) is 38.2. The van der Waals surface area contributed by atoms with Crippen LogP contribution in [0.1, 0.15) is 128 Å². The maximum atomic E-state index is 13.4. The van der Waals surface area contributed by atoms with Gasteiger partial charge in [-0.1, -0.05) is 90.2 Å². The lowest BCUT2D eigenvalue weighted by Gasteiger charge is -2.20. The Morgan fingerprint density at radius 3 is 1.64 bits per heavy atom. The quantitative estimate of drug-likeness (QED) is 0.0478. The Morgan fingerprint density at radius 1 is 0.528 bits per heavy atom. The molecule has 284 valence electrons. The van der Waals surface area contributed by atoms with Crippen LogP contribution in [0.2, 0.25) is 0 Å². The van der Waals surface area contributed by atoms with E-state index in [0.29, 0.717) is 41.9 Å². The van der Waals surface area contributed by atoms with Crippen molar-refractivity contribution in [2.24, 2.45) is 0 Å². The van der Waals surface area contributed by atoms with Crippen LogP contribution in [-0.4, -0.2) is 36.8 Å². The average Bonchev–Trinajstić information content (AvgIpc) is 3.15. The molecular formula is C43H49F3O7. The highest BCUT2D eigenvalue weighted by atomic mass is 19.4. The van der Waals surface area contributed by atoms with E-state index in [1.165, 1.54) is 62.8 Å². The van der Waals surface area contributed by atoms with Gasteiger partial charge in [0.25, 0.3) is 0 Å². The minimum Gasteiger partial charge on any atom is -0.494 e. The van der Waals surface area contributed by atoms with Crippen LogP contribution in [0.15, 0.2) is 84.9 Å². The second-order valence-electron chi connectivity index (χ2n) is 13.2. The van der Waals surface area contributed by atoms with Gasteiger partial charge < -0.3 is 18.9 Å². The predicted octanol–water partition coefficient (Wildman–Crippen LogP) is 11.9. The first kappa shape index (κ1) is 40.9. The van der Waals surface area contributed by atoms with Crippen molar-refractivity contribution in [2.75, 3.05) is 6.61 Å². The molecule has 0 aliphatic heterocycles. The topological polar surface area (TPSA) is 88.1 Å². The second kappa shape index (κ2) is 21.0. The zero-order chi connectivity index (χ0) is 38.1. The molecule has 0 radical (unpaired) electrons. The fraction of sp³-hybridized carbons (Fsp3) is 0.419. The minimum absolute atomic E-state index is 0.0924. The minimum atomic E-state index is -4.67. The Bertz CT molecular complexity index is 1750. The molecule has 4 rings (SSSR count). The van der Waals surface area contributed by atoms with Gasteiger partial charge in [-0.3, -0.25) is 0 Å². The first-order valence-electron chi connectivity index (χ1n) is 18.7. The fourth-order valence-electron chi connectivity index (χ4n) is 5.76. The molecule has 0 amide bonds. The van der Waals surface area contributed by atoms with E-state index in [0.717, 1.165) is 31.1 Å². The Kier molecular flexibility index (Phi) is 16.2. The van der Waals surface area contributed by atoms with Gasteiger partial charge >= 0.3 is 24.1 Å². The van der Waals surface area contributed by atoms with Gasteiger partial charge in [-0.2, -0.15) is 13.2 Å². The van der Waals surface area contributed by atoms with Crippen molar-refractivity contribution in [1.29, 1.82) is 0 Å². The van der Waals surface area contributed by atoms with E-state index < -0.39 is 30.2 Å². The van der Waals surface area contributed by atoms with E-state index in [2.05, 4.69) is 6.92 Å². The summed E-state index contributed by atoms with van der Waals surface area (Å²) in [5.41, 5.74) is 0.535. The molecule has 0 N–H and O–H groups in total. The van der Waals surface area contributed by atoms with E-state index in [9.17, 15) is 27.6 Å². The van der Waals surface area contributed by atoms with Crippen molar-refractivity contribution in [1.82, 2.24) is 0 Å². The number of hydrogen-bond donors (Lipinski definition) is 0. The summed E-state index contributed by atoms with van der Waals surface area (Å²) in [6.07, 6.45) is 5.27. The summed E-state index contributed by atoms with van der Waals surface area (Å²) >= 11 is 0. The molecular weight excluding hydrogens is 685 g/mol. The highest BCUT2D eigenvalue weighted by Crippen LogP contribution is 2.29. The third-order valence-electron chi connectivity index (χ3n) is 8.85. The summed E-state index contributed by atoms with van der Waals surface area (Å²) in [5, 5.41) is 1.42. The maximum Gasteiger partial charge on any atom is 0.425 e. The molecule has 4 aromatic carbocycles. The number of ether oxygens (including phenoxy) is 4. The summed E-state index contributed by atoms with van der Waals surface area (Å²) < 4.78 is 62.0. The molecule has 0 aromatic heterocycles. The van der Waals surface area contributed by atoms with Crippen LogP contribution in [0.3, 0.4) is 0 Å². The number of carbonyl (C=O) groups excluding carboxylic acids is 3. The lowest BCUT2D eigenvalue weighted by molar-refractivity contribution is -0.206. The molecule has 0 aliphatic carbocycles. The van der Waals surface area contributed by atoms with Crippen LogP contribution in [0.25, 0.3) is 10.8 Å². The van der Waals surface area contributed by atoms with E-state index in [1.807, 2.05) is 6.92 Å². The number of halogens is 3. The van der Waals surface area contributed by atoms with E-state index >= 15 is 0 Å². The molecule has 0 aliphatic rings. The Morgan fingerprint density at radius 2 is 1.00 bits per heavy atom. The SMILES string of the molecule is CCCCCCCCCCOc1ccc(C(=O)Oc2ccc3cc(C(=O)Oc4ccc(C(=O)OC(CCCCCC)C(F)(F)F)cc4)ccc3c2)cc1. The van der Waals surface area contributed by atoms with E-state index in [4.69, 9.17) is 18.9 Å². The normalized spacial score (nSPS) is 11.9. The number of carbonyl (C=O) groups is 3. The van der Waals surface area contributed by atoms with E-state index in [-0.39, 0.29) is 23.3 Å². The summed E-state index contributed by atoms with van der Waals surface area (Å²) in [6.45, 7) is 4.81. The number of hydrogen-bond acceptors (Lipinski definition) is 7. The zero-order valence-electron chi connectivity index (χ0n) is 30.6. The van der Waals surface area contributed by atoms with Gasteiger partial charge in [-0.25, -0.2) is 14.4 Å². The molecule has 0 heterocycles. The lowest BCUT2D eigenvalue weighted by Crippen LogP contribution is -2.33. The van der Waals surface area contributed by atoms with Crippen LogP contribution in [0, 0.1) is 0 Å². The van der Waals surface area contributed by atoms with Crippen molar-refractivity contribution in [3.8, 4) is 17.2 Å². The van der Waals surface area contributed by atoms with Crippen molar-refractivity contribution in [2.45, 2.75) is 110 Å². The zero-order valence-corrected chi connectivity index (χ0v) is 30.6.